The van der Waals surface area contributed by atoms with E-state index in [0.717, 1.165) is 32.5 Å². The molecule has 2 unspecified atom stereocenters. The van der Waals surface area contributed by atoms with Crippen LogP contribution < -0.4 is 10.5 Å². The minimum Gasteiger partial charge on any atom is -0.330 e. The molecule has 0 saturated carbocycles. The smallest absolute Gasteiger partial charge is 0.279 e. The van der Waals surface area contributed by atoms with Crippen LogP contribution in [0.4, 0.5) is 0 Å². The van der Waals surface area contributed by atoms with Gasteiger partial charge < -0.3 is 10.6 Å². The fourth-order valence-corrected chi connectivity index (χ4v) is 4.70. The van der Waals surface area contributed by atoms with Crippen LogP contribution >= 0.6 is 0 Å². The minimum absolute atomic E-state index is 0.303. The molecule has 0 aliphatic carbocycles. The lowest BCUT2D eigenvalue weighted by Gasteiger charge is -2.31. The van der Waals surface area contributed by atoms with Gasteiger partial charge in [-0.3, -0.25) is 0 Å². The van der Waals surface area contributed by atoms with Crippen molar-refractivity contribution in [2.45, 2.75) is 32.6 Å². The Bertz CT molecular complexity index is 409. The number of piperidine rings is 1. The minimum atomic E-state index is -3.35. The Hall–Kier alpha value is -0.210. The van der Waals surface area contributed by atoms with Gasteiger partial charge in [0.15, 0.2) is 0 Å². The van der Waals surface area contributed by atoms with E-state index >= 15 is 0 Å². The molecule has 124 valence electrons. The third kappa shape index (κ3) is 5.17. The first-order valence-electron chi connectivity index (χ1n) is 8.18. The van der Waals surface area contributed by atoms with E-state index in [4.69, 9.17) is 5.73 Å². The van der Waals surface area contributed by atoms with Gasteiger partial charge in [-0.15, -0.1) is 0 Å². The summed E-state index contributed by atoms with van der Waals surface area (Å²) in [7, 11) is -3.35. The van der Waals surface area contributed by atoms with Crippen molar-refractivity contribution < 1.29 is 8.42 Å². The number of rotatable bonds is 7. The number of likely N-dealkylation sites (tertiary alicyclic amines) is 1. The molecule has 0 amide bonds. The van der Waals surface area contributed by atoms with Crippen LogP contribution in [-0.2, 0) is 10.2 Å². The van der Waals surface area contributed by atoms with E-state index in [-0.39, 0.29) is 0 Å². The van der Waals surface area contributed by atoms with E-state index in [0.29, 0.717) is 38.0 Å². The predicted octanol–water partition coefficient (Wildman–Crippen LogP) is 0.223. The topological polar surface area (TPSA) is 78.7 Å². The second kappa shape index (κ2) is 7.87. The fraction of sp³-hybridized carbons (Fsp3) is 1.00. The molecule has 0 radical (unpaired) electrons. The molecule has 2 saturated heterocycles. The maximum atomic E-state index is 12.3. The number of nitrogens with two attached hydrogens (primary N) is 1. The summed E-state index contributed by atoms with van der Waals surface area (Å²) in [5, 5.41) is 0. The highest BCUT2D eigenvalue weighted by Crippen LogP contribution is 2.17. The first-order chi connectivity index (χ1) is 10.0. The van der Waals surface area contributed by atoms with E-state index in [1.54, 1.807) is 4.31 Å². The Morgan fingerprint density at radius 2 is 1.95 bits per heavy atom. The van der Waals surface area contributed by atoms with Crippen LogP contribution in [0.15, 0.2) is 0 Å². The van der Waals surface area contributed by atoms with Gasteiger partial charge in [0, 0.05) is 26.2 Å². The van der Waals surface area contributed by atoms with Crippen molar-refractivity contribution in [3.63, 3.8) is 0 Å². The fourth-order valence-electron chi connectivity index (χ4n) is 3.25. The molecule has 2 fully saturated rings. The van der Waals surface area contributed by atoms with Crippen LogP contribution in [0.25, 0.3) is 0 Å². The van der Waals surface area contributed by atoms with Crippen molar-refractivity contribution >= 4 is 10.2 Å². The number of nitrogens with one attached hydrogen (secondary N) is 1. The van der Waals surface area contributed by atoms with E-state index < -0.39 is 10.2 Å². The van der Waals surface area contributed by atoms with Crippen molar-refractivity contribution in [2.75, 3.05) is 45.8 Å². The lowest BCUT2D eigenvalue weighted by Crippen LogP contribution is -2.48. The molecule has 2 atom stereocenters. The summed E-state index contributed by atoms with van der Waals surface area (Å²) in [6.45, 7) is 7.66. The molecule has 2 aliphatic heterocycles. The zero-order valence-corrected chi connectivity index (χ0v) is 13.9. The second-order valence-corrected chi connectivity index (χ2v) is 8.32. The highest BCUT2D eigenvalue weighted by molar-refractivity contribution is 7.87. The number of hydrogen-bond acceptors (Lipinski definition) is 4. The molecule has 0 bridgehead atoms. The second-order valence-electron chi connectivity index (χ2n) is 6.57. The Labute approximate surface area is 129 Å². The third-order valence-corrected chi connectivity index (χ3v) is 6.08. The van der Waals surface area contributed by atoms with E-state index in [1.165, 1.54) is 12.8 Å². The maximum absolute atomic E-state index is 12.3. The van der Waals surface area contributed by atoms with Gasteiger partial charge in [0.1, 0.15) is 0 Å². The largest absolute Gasteiger partial charge is 0.330 e. The molecule has 3 N–H and O–H groups in total. The third-order valence-electron chi connectivity index (χ3n) is 4.54. The zero-order chi connectivity index (χ0) is 15.3. The average Bonchev–Trinajstić information content (AvgIpc) is 2.98. The van der Waals surface area contributed by atoms with Crippen molar-refractivity contribution in [1.29, 1.82) is 0 Å². The van der Waals surface area contributed by atoms with Gasteiger partial charge in [0.25, 0.3) is 10.2 Å². The highest BCUT2D eigenvalue weighted by Gasteiger charge is 2.28. The maximum Gasteiger partial charge on any atom is 0.279 e. The van der Waals surface area contributed by atoms with Crippen LogP contribution in [0, 0.1) is 11.8 Å². The molecule has 7 heteroatoms. The summed E-state index contributed by atoms with van der Waals surface area (Å²) in [5.41, 5.74) is 5.67. The van der Waals surface area contributed by atoms with Crippen LogP contribution in [0.3, 0.4) is 0 Å². The number of hydrogen-bond donors (Lipinski definition) is 2. The molecule has 2 aliphatic rings. The first-order valence-corrected chi connectivity index (χ1v) is 9.62. The molecule has 0 spiro atoms. The highest BCUT2D eigenvalue weighted by atomic mass is 32.2. The lowest BCUT2D eigenvalue weighted by atomic mass is 10.0. The molecule has 0 aromatic carbocycles. The summed E-state index contributed by atoms with van der Waals surface area (Å²) >= 11 is 0. The predicted molar refractivity (Wildman–Crippen MR) is 85.1 cm³/mol. The van der Waals surface area contributed by atoms with Gasteiger partial charge in [0.05, 0.1) is 0 Å². The normalized spacial score (nSPS) is 27.0. The molecule has 21 heavy (non-hydrogen) atoms. The van der Waals surface area contributed by atoms with Crippen molar-refractivity contribution in [3.8, 4) is 0 Å². The van der Waals surface area contributed by atoms with Gasteiger partial charge in [-0.2, -0.15) is 12.7 Å². The standard InChI is InChI=1S/C14H30N4O2S/c1-13(11-17-6-2-3-7-17)10-16-21(19,20)18-8-4-5-14(9-15)12-18/h13-14,16H,2-12,15H2,1H3. The van der Waals surface area contributed by atoms with Gasteiger partial charge in [-0.1, -0.05) is 6.92 Å². The summed E-state index contributed by atoms with van der Waals surface area (Å²) in [4.78, 5) is 2.42. The molecule has 0 aromatic heterocycles. The molecule has 2 rings (SSSR count). The molecular formula is C14H30N4O2S. The average molecular weight is 318 g/mol. The first kappa shape index (κ1) is 17.1. The Morgan fingerprint density at radius 1 is 1.24 bits per heavy atom. The molecule has 2 heterocycles. The van der Waals surface area contributed by atoms with Crippen LogP contribution in [0.5, 0.6) is 0 Å². The van der Waals surface area contributed by atoms with Gasteiger partial charge in [-0.05, 0) is 57.2 Å². The zero-order valence-electron chi connectivity index (χ0n) is 13.1. The van der Waals surface area contributed by atoms with E-state index in [2.05, 4.69) is 16.5 Å². The molecule has 0 aromatic rings. The van der Waals surface area contributed by atoms with Crippen molar-refractivity contribution in [2.24, 2.45) is 17.6 Å². The van der Waals surface area contributed by atoms with E-state index in [9.17, 15) is 8.42 Å². The Morgan fingerprint density at radius 3 is 2.62 bits per heavy atom. The van der Waals surface area contributed by atoms with Crippen LogP contribution in [-0.4, -0.2) is 63.4 Å². The summed E-state index contributed by atoms with van der Waals surface area (Å²) in [6.07, 6.45) is 4.49. The molecule has 6 nitrogen and oxygen atoms in total. The summed E-state index contributed by atoms with van der Waals surface area (Å²) < 4.78 is 29.0. The molecular weight excluding hydrogens is 288 g/mol. The Kier molecular flexibility index (Phi) is 6.43. The van der Waals surface area contributed by atoms with Gasteiger partial charge in [0.2, 0.25) is 0 Å². The monoisotopic (exact) mass is 318 g/mol. The quantitative estimate of drug-likeness (QED) is 0.704. The van der Waals surface area contributed by atoms with Crippen molar-refractivity contribution in [3.05, 3.63) is 0 Å². The van der Waals surface area contributed by atoms with Crippen LogP contribution in [0.1, 0.15) is 32.6 Å². The summed E-state index contributed by atoms with van der Waals surface area (Å²) in [6, 6.07) is 0. The summed E-state index contributed by atoms with van der Waals surface area (Å²) in [5.74, 6) is 0.644. The lowest BCUT2D eigenvalue weighted by molar-refractivity contribution is 0.264. The SMILES string of the molecule is CC(CNS(=O)(=O)N1CCCC(CN)C1)CN1CCCC1. The van der Waals surface area contributed by atoms with Gasteiger partial charge in [-0.25, -0.2) is 4.72 Å². The van der Waals surface area contributed by atoms with Gasteiger partial charge >= 0.3 is 0 Å². The number of nitrogens with zero attached hydrogens (tertiary/aromatic N) is 2. The van der Waals surface area contributed by atoms with Crippen LogP contribution in [0.2, 0.25) is 0 Å². The van der Waals surface area contributed by atoms with Crippen molar-refractivity contribution in [1.82, 2.24) is 13.9 Å². The van der Waals surface area contributed by atoms with E-state index in [1.807, 2.05) is 0 Å². The Balaban J connectivity index is 1.77.